The van der Waals surface area contributed by atoms with Crippen LogP contribution in [0.25, 0.3) is 11.5 Å². The van der Waals surface area contributed by atoms with Crippen LogP contribution in [0.3, 0.4) is 0 Å². The molecule has 90 valence electrons. The van der Waals surface area contributed by atoms with E-state index in [4.69, 9.17) is 4.42 Å². The average Bonchev–Trinajstić information content (AvgIpc) is 2.99. The van der Waals surface area contributed by atoms with Gasteiger partial charge in [-0.15, -0.1) is 0 Å². The molecule has 2 aromatic rings. The smallest absolute Gasteiger partial charge is 0.154 e. The van der Waals surface area contributed by atoms with E-state index in [0.29, 0.717) is 0 Å². The molecule has 3 rings (SSSR count). The summed E-state index contributed by atoms with van der Waals surface area (Å²) >= 11 is 0. The normalized spacial score (nSPS) is 16.4. The fourth-order valence-electron chi connectivity index (χ4n) is 2.23. The highest BCUT2D eigenvalue weighted by molar-refractivity contribution is 5.65. The zero-order chi connectivity index (χ0) is 11.7. The lowest BCUT2D eigenvalue weighted by Crippen LogP contribution is -2.43. The van der Waals surface area contributed by atoms with Crippen molar-refractivity contribution in [3.63, 3.8) is 0 Å². The maximum absolute atomic E-state index is 5.40. The van der Waals surface area contributed by atoms with Gasteiger partial charge in [0.05, 0.1) is 6.26 Å². The minimum absolute atomic E-state index is 0.844. The van der Waals surface area contributed by atoms with Crippen molar-refractivity contribution in [1.82, 2.24) is 15.5 Å². The van der Waals surface area contributed by atoms with Gasteiger partial charge in [0.2, 0.25) is 0 Å². The van der Waals surface area contributed by atoms with Gasteiger partial charge >= 0.3 is 0 Å². The van der Waals surface area contributed by atoms with E-state index in [2.05, 4.69) is 27.3 Å². The molecule has 17 heavy (non-hydrogen) atoms. The molecule has 1 saturated heterocycles. The fraction of sp³-hybridized carbons (Fsp3) is 0.417. The van der Waals surface area contributed by atoms with E-state index in [0.717, 1.165) is 49.0 Å². The summed E-state index contributed by atoms with van der Waals surface area (Å²) < 4.78 is 5.40. The van der Waals surface area contributed by atoms with Gasteiger partial charge in [0.25, 0.3) is 0 Å². The van der Waals surface area contributed by atoms with Gasteiger partial charge in [0.15, 0.2) is 11.6 Å². The molecule has 0 spiro atoms. The highest BCUT2D eigenvalue weighted by atomic mass is 16.3. The third kappa shape index (κ3) is 1.82. The second kappa shape index (κ2) is 4.25. The van der Waals surface area contributed by atoms with E-state index >= 15 is 0 Å². The summed E-state index contributed by atoms with van der Waals surface area (Å²) in [4.78, 5) is 2.30. The van der Waals surface area contributed by atoms with Gasteiger partial charge in [-0.2, -0.15) is 5.10 Å². The van der Waals surface area contributed by atoms with E-state index in [-0.39, 0.29) is 0 Å². The molecule has 0 unspecified atom stereocenters. The first-order chi connectivity index (χ1) is 8.36. The first kappa shape index (κ1) is 10.4. The van der Waals surface area contributed by atoms with Gasteiger partial charge in [-0.1, -0.05) is 0 Å². The van der Waals surface area contributed by atoms with Crippen LogP contribution < -0.4 is 10.2 Å². The number of furan rings is 1. The lowest BCUT2D eigenvalue weighted by Gasteiger charge is -2.27. The zero-order valence-corrected chi connectivity index (χ0v) is 9.86. The monoisotopic (exact) mass is 232 g/mol. The van der Waals surface area contributed by atoms with Crippen LogP contribution in [0.4, 0.5) is 5.82 Å². The Morgan fingerprint density at radius 1 is 1.35 bits per heavy atom. The molecule has 0 amide bonds. The quantitative estimate of drug-likeness (QED) is 0.821. The summed E-state index contributed by atoms with van der Waals surface area (Å²) in [7, 11) is 0. The van der Waals surface area contributed by atoms with Crippen molar-refractivity contribution in [3.05, 3.63) is 24.0 Å². The van der Waals surface area contributed by atoms with Gasteiger partial charge < -0.3 is 14.6 Å². The number of aromatic amines is 1. The van der Waals surface area contributed by atoms with Crippen LogP contribution >= 0.6 is 0 Å². The fourth-order valence-corrected chi connectivity index (χ4v) is 2.23. The molecule has 0 atom stereocenters. The number of hydrogen-bond donors (Lipinski definition) is 2. The van der Waals surface area contributed by atoms with Gasteiger partial charge in [-0.25, -0.2) is 0 Å². The molecule has 0 saturated carbocycles. The molecule has 1 fully saturated rings. The van der Waals surface area contributed by atoms with Crippen LogP contribution in [0.2, 0.25) is 0 Å². The number of nitrogens with one attached hydrogen (secondary N) is 2. The Balaban J connectivity index is 1.92. The zero-order valence-electron chi connectivity index (χ0n) is 9.86. The number of aromatic nitrogens is 2. The topological polar surface area (TPSA) is 57.1 Å². The number of H-pyrrole nitrogens is 1. The number of piperazine rings is 1. The van der Waals surface area contributed by atoms with Crippen LogP contribution in [0.1, 0.15) is 5.56 Å². The Kier molecular flexibility index (Phi) is 2.60. The van der Waals surface area contributed by atoms with Crippen molar-refractivity contribution < 1.29 is 4.42 Å². The molecule has 1 aliphatic rings. The van der Waals surface area contributed by atoms with Crippen LogP contribution in [0, 0.1) is 6.92 Å². The summed E-state index contributed by atoms with van der Waals surface area (Å²) in [5, 5.41) is 10.8. The Bertz CT molecular complexity index is 483. The largest absolute Gasteiger partial charge is 0.463 e. The minimum atomic E-state index is 0.844. The predicted molar refractivity (Wildman–Crippen MR) is 66.1 cm³/mol. The van der Waals surface area contributed by atoms with Crippen molar-refractivity contribution in [1.29, 1.82) is 0 Å². The molecule has 5 nitrogen and oxygen atoms in total. The van der Waals surface area contributed by atoms with Gasteiger partial charge in [-0.3, -0.25) is 5.10 Å². The van der Waals surface area contributed by atoms with Crippen molar-refractivity contribution >= 4 is 5.82 Å². The molecule has 1 aliphatic heterocycles. The standard InChI is InChI=1S/C12H16N4O/c1-9-11(10-3-2-8-17-10)14-15-12(9)16-6-4-13-5-7-16/h2-3,8,13H,4-7H2,1H3,(H,14,15). The van der Waals surface area contributed by atoms with Crippen LogP contribution in [0.15, 0.2) is 22.8 Å². The van der Waals surface area contributed by atoms with Crippen LogP contribution in [-0.2, 0) is 0 Å². The average molecular weight is 232 g/mol. The van der Waals surface area contributed by atoms with Gasteiger partial charge in [0, 0.05) is 31.7 Å². The third-order valence-corrected chi connectivity index (χ3v) is 3.17. The van der Waals surface area contributed by atoms with Gasteiger partial charge in [0.1, 0.15) is 5.69 Å². The number of nitrogens with zero attached hydrogens (tertiary/aromatic N) is 2. The first-order valence-electron chi connectivity index (χ1n) is 5.91. The highest BCUT2D eigenvalue weighted by Crippen LogP contribution is 2.28. The Morgan fingerprint density at radius 3 is 2.88 bits per heavy atom. The molecule has 5 heteroatoms. The Hall–Kier alpha value is -1.75. The van der Waals surface area contributed by atoms with E-state index in [9.17, 15) is 0 Å². The highest BCUT2D eigenvalue weighted by Gasteiger charge is 2.19. The Labute approximate surface area is 99.8 Å². The molecular formula is C12H16N4O. The molecule has 0 aliphatic carbocycles. The minimum Gasteiger partial charge on any atom is -0.463 e. The summed E-state index contributed by atoms with van der Waals surface area (Å²) in [6.45, 7) is 6.12. The summed E-state index contributed by atoms with van der Waals surface area (Å²) in [5.41, 5.74) is 2.13. The maximum atomic E-state index is 5.40. The third-order valence-electron chi connectivity index (χ3n) is 3.17. The van der Waals surface area contributed by atoms with E-state index in [1.54, 1.807) is 6.26 Å². The summed E-state index contributed by atoms with van der Waals surface area (Å²) in [6.07, 6.45) is 1.68. The van der Waals surface area contributed by atoms with Crippen molar-refractivity contribution in [2.75, 3.05) is 31.1 Å². The lowest BCUT2D eigenvalue weighted by atomic mass is 10.2. The number of hydrogen-bond acceptors (Lipinski definition) is 4. The molecule has 0 aromatic carbocycles. The molecule has 2 N–H and O–H groups in total. The second-order valence-electron chi connectivity index (χ2n) is 4.26. The molecule has 2 aromatic heterocycles. The van der Waals surface area contributed by atoms with Crippen LogP contribution in [0.5, 0.6) is 0 Å². The lowest BCUT2D eigenvalue weighted by molar-refractivity contribution is 0.579. The second-order valence-corrected chi connectivity index (χ2v) is 4.26. The molecule has 3 heterocycles. The van der Waals surface area contributed by atoms with Gasteiger partial charge in [-0.05, 0) is 19.1 Å². The van der Waals surface area contributed by atoms with Crippen molar-refractivity contribution in [2.24, 2.45) is 0 Å². The number of rotatable bonds is 2. The first-order valence-corrected chi connectivity index (χ1v) is 5.91. The molecule has 0 radical (unpaired) electrons. The van der Waals surface area contributed by atoms with Crippen molar-refractivity contribution in [3.8, 4) is 11.5 Å². The SMILES string of the molecule is Cc1c(N2CCNCC2)n[nH]c1-c1ccco1. The molecular weight excluding hydrogens is 216 g/mol. The summed E-state index contributed by atoms with van der Waals surface area (Å²) in [5.74, 6) is 1.88. The Morgan fingerprint density at radius 2 is 2.18 bits per heavy atom. The van der Waals surface area contributed by atoms with E-state index in [1.807, 2.05) is 12.1 Å². The molecule has 0 bridgehead atoms. The van der Waals surface area contributed by atoms with E-state index < -0.39 is 0 Å². The van der Waals surface area contributed by atoms with Crippen molar-refractivity contribution in [2.45, 2.75) is 6.92 Å². The van der Waals surface area contributed by atoms with Crippen LogP contribution in [-0.4, -0.2) is 36.4 Å². The summed E-state index contributed by atoms with van der Waals surface area (Å²) in [6, 6.07) is 3.84. The van der Waals surface area contributed by atoms with E-state index in [1.165, 1.54) is 0 Å². The predicted octanol–water partition coefficient (Wildman–Crippen LogP) is 1.39. The number of anilines is 1. The maximum Gasteiger partial charge on any atom is 0.154 e.